The van der Waals surface area contributed by atoms with E-state index >= 15 is 0 Å². The maximum atomic E-state index is 5.38. The molecule has 0 unspecified atom stereocenters. The summed E-state index contributed by atoms with van der Waals surface area (Å²) < 4.78 is 0. The number of halogens is 1. The molecule has 62 valence electrons. The predicted molar refractivity (Wildman–Crippen MR) is 50.7 cm³/mol. The summed E-state index contributed by atoms with van der Waals surface area (Å²) in [4.78, 5) is 0. The number of alkyl halides is 1. The lowest BCUT2D eigenvalue weighted by atomic mass is 10.3. The number of rotatable bonds is 3. The molecule has 0 nitrogen and oxygen atoms in total. The van der Waals surface area contributed by atoms with Gasteiger partial charge < -0.3 is 0 Å². The van der Waals surface area contributed by atoms with Crippen LogP contribution in [0, 0.1) is 0 Å². The highest BCUT2D eigenvalue weighted by molar-refractivity contribution is 6.17. The number of unbranched alkanes of at least 4 members (excludes halogenated alkanes) is 2. The maximum Gasteiger partial charge on any atom is 0.0223 e. The molecule has 0 saturated carbocycles. The largest absolute Gasteiger partial charge is 0.127 e. The number of allylic oxidation sites excluding steroid dienone is 2. The zero-order valence-electron chi connectivity index (χ0n) is 7.36. The quantitative estimate of drug-likeness (QED) is 0.334. The summed E-state index contributed by atoms with van der Waals surface area (Å²) in [5.41, 5.74) is 0. The third kappa shape index (κ3) is 24.4. The molecule has 0 bridgehead atoms. The van der Waals surface area contributed by atoms with Gasteiger partial charge in [-0.15, -0.1) is 11.6 Å². The highest BCUT2D eigenvalue weighted by Gasteiger charge is 1.76. The van der Waals surface area contributed by atoms with E-state index in [2.05, 4.69) is 6.92 Å². The molecule has 0 aliphatic heterocycles. The molecular weight excluding hydrogens is 144 g/mol. The van der Waals surface area contributed by atoms with Crippen molar-refractivity contribution in [3.8, 4) is 0 Å². The molecule has 0 aromatic rings. The zero-order chi connectivity index (χ0) is 8.24. The minimum Gasteiger partial charge on any atom is -0.127 e. The van der Waals surface area contributed by atoms with E-state index in [4.69, 9.17) is 11.6 Å². The van der Waals surface area contributed by atoms with E-state index in [1.54, 1.807) is 0 Å². The Morgan fingerprint density at radius 3 is 1.70 bits per heavy atom. The second kappa shape index (κ2) is 16.0. The molecule has 0 aromatic carbocycles. The highest BCUT2D eigenvalue weighted by Crippen LogP contribution is 1.93. The minimum atomic E-state index is 0.827. The fraction of sp³-hybridized carbons (Fsp3) is 0.778. The van der Waals surface area contributed by atoms with E-state index < -0.39 is 0 Å². The summed E-state index contributed by atoms with van der Waals surface area (Å²) in [5.74, 6) is 0.827. The fourth-order valence-electron chi connectivity index (χ4n) is 0.344. The van der Waals surface area contributed by atoms with E-state index in [1.165, 1.54) is 19.3 Å². The van der Waals surface area contributed by atoms with E-state index in [1.807, 2.05) is 26.0 Å². The van der Waals surface area contributed by atoms with Gasteiger partial charge in [0.25, 0.3) is 0 Å². The van der Waals surface area contributed by atoms with Crippen molar-refractivity contribution in [3.05, 3.63) is 12.2 Å². The Morgan fingerprint density at radius 1 is 1.10 bits per heavy atom. The van der Waals surface area contributed by atoms with Crippen LogP contribution < -0.4 is 0 Å². The van der Waals surface area contributed by atoms with Crippen LogP contribution >= 0.6 is 11.6 Å². The molecule has 0 amide bonds. The molecule has 0 atom stereocenters. The van der Waals surface area contributed by atoms with E-state index in [0.29, 0.717) is 0 Å². The van der Waals surface area contributed by atoms with Gasteiger partial charge in [0.15, 0.2) is 0 Å². The SMILES string of the molecule is CC=CC.CCCCCCl. The Bertz CT molecular complexity index is 49.7. The Kier molecular flexibility index (Phi) is 20.3. The van der Waals surface area contributed by atoms with Crippen LogP contribution in [-0.4, -0.2) is 5.88 Å². The average molecular weight is 163 g/mol. The van der Waals surface area contributed by atoms with Crippen LogP contribution in [0.15, 0.2) is 12.2 Å². The number of hydrogen-bond acceptors (Lipinski definition) is 0. The predicted octanol–water partition coefficient (Wildman–Crippen LogP) is 4.00. The van der Waals surface area contributed by atoms with Gasteiger partial charge in [0.1, 0.15) is 0 Å². The van der Waals surface area contributed by atoms with Crippen molar-refractivity contribution in [3.63, 3.8) is 0 Å². The molecule has 0 aliphatic rings. The average Bonchev–Trinajstić information content (AvgIpc) is 2.01. The molecule has 0 heterocycles. The molecule has 0 saturated heterocycles. The van der Waals surface area contributed by atoms with E-state index in [0.717, 1.165) is 5.88 Å². The molecule has 0 radical (unpaired) electrons. The van der Waals surface area contributed by atoms with E-state index in [-0.39, 0.29) is 0 Å². The van der Waals surface area contributed by atoms with Crippen molar-refractivity contribution in [2.45, 2.75) is 40.0 Å². The summed E-state index contributed by atoms with van der Waals surface area (Å²) in [6.07, 6.45) is 7.73. The molecule has 0 aliphatic carbocycles. The molecule has 0 N–H and O–H groups in total. The standard InChI is InChI=1S/C5H11Cl.C4H8/c1-2-3-4-5-6;1-3-4-2/h2-5H2,1H3;3-4H,1-2H3. The van der Waals surface area contributed by atoms with Crippen molar-refractivity contribution >= 4 is 11.6 Å². The summed E-state index contributed by atoms with van der Waals surface area (Å²) in [7, 11) is 0. The molecule has 0 spiro atoms. The Labute approximate surface area is 70.3 Å². The smallest absolute Gasteiger partial charge is 0.0223 e. The van der Waals surface area contributed by atoms with Crippen LogP contribution in [0.5, 0.6) is 0 Å². The second-order valence-electron chi connectivity index (χ2n) is 2.06. The fourth-order valence-corrected chi connectivity index (χ4v) is 0.533. The third-order valence-electron chi connectivity index (χ3n) is 1.07. The summed E-state index contributed by atoms with van der Waals surface area (Å²) in [6.45, 7) is 6.17. The molecule has 0 rings (SSSR count). The first-order valence-corrected chi connectivity index (χ1v) is 4.50. The molecule has 0 fully saturated rings. The lowest BCUT2D eigenvalue weighted by molar-refractivity contribution is 0.776. The summed E-state index contributed by atoms with van der Waals surface area (Å²) in [6, 6.07) is 0. The summed E-state index contributed by atoms with van der Waals surface area (Å²) >= 11 is 5.38. The van der Waals surface area contributed by atoms with Gasteiger partial charge in [-0.05, 0) is 20.3 Å². The van der Waals surface area contributed by atoms with Crippen molar-refractivity contribution in [2.75, 3.05) is 5.88 Å². The minimum absolute atomic E-state index is 0.827. The third-order valence-corrected chi connectivity index (χ3v) is 1.34. The van der Waals surface area contributed by atoms with Gasteiger partial charge >= 0.3 is 0 Å². The van der Waals surface area contributed by atoms with E-state index in [9.17, 15) is 0 Å². The van der Waals surface area contributed by atoms with Crippen molar-refractivity contribution < 1.29 is 0 Å². The second-order valence-corrected chi connectivity index (χ2v) is 2.44. The highest BCUT2D eigenvalue weighted by atomic mass is 35.5. The van der Waals surface area contributed by atoms with Crippen molar-refractivity contribution in [1.29, 1.82) is 0 Å². The lowest BCUT2D eigenvalue weighted by Gasteiger charge is -1.84. The Balaban J connectivity index is 0. The molecule has 0 aromatic heterocycles. The van der Waals surface area contributed by atoms with Gasteiger partial charge in [0.2, 0.25) is 0 Å². The first-order valence-electron chi connectivity index (χ1n) is 3.96. The van der Waals surface area contributed by atoms with Crippen LogP contribution in [0.3, 0.4) is 0 Å². The van der Waals surface area contributed by atoms with Gasteiger partial charge in [-0.2, -0.15) is 0 Å². The first-order chi connectivity index (χ1) is 4.83. The maximum absolute atomic E-state index is 5.38. The monoisotopic (exact) mass is 162 g/mol. The van der Waals surface area contributed by atoms with Gasteiger partial charge in [-0.1, -0.05) is 31.9 Å². The number of hydrogen-bond donors (Lipinski definition) is 0. The first kappa shape index (κ1) is 12.7. The Morgan fingerprint density at radius 2 is 1.60 bits per heavy atom. The normalized spacial score (nSPS) is 9.20. The van der Waals surface area contributed by atoms with Crippen LogP contribution in [0.1, 0.15) is 40.0 Å². The van der Waals surface area contributed by atoms with Crippen LogP contribution in [-0.2, 0) is 0 Å². The molecule has 10 heavy (non-hydrogen) atoms. The van der Waals surface area contributed by atoms with Crippen molar-refractivity contribution in [1.82, 2.24) is 0 Å². The topological polar surface area (TPSA) is 0 Å². The van der Waals surface area contributed by atoms with Gasteiger partial charge in [0, 0.05) is 5.88 Å². The lowest BCUT2D eigenvalue weighted by Crippen LogP contribution is -1.70. The van der Waals surface area contributed by atoms with Crippen LogP contribution in [0.4, 0.5) is 0 Å². The van der Waals surface area contributed by atoms with Crippen LogP contribution in [0.25, 0.3) is 0 Å². The molecular formula is C9H19Cl. The Hall–Kier alpha value is 0.0300. The zero-order valence-corrected chi connectivity index (χ0v) is 8.12. The van der Waals surface area contributed by atoms with Gasteiger partial charge in [-0.25, -0.2) is 0 Å². The van der Waals surface area contributed by atoms with Gasteiger partial charge in [-0.3, -0.25) is 0 Å². The summed E-state index contributed by atoms with van der Waals surface area (Å²) in [5, 5.41) is 0. The van der Waals surface area contributed by atoms with Crippen molar-refractivity contribution in [2.24, 2.45) is 0 Å². The van der Waals surface area contributed by atoms with Crippen LogP contribution in [0.2, 0.25) is 0 Å². The molecule has 1 heteroatoms. The van der Waals surface area contributed by atoms with Gasteiger partial charge in [0.05, 0.1) is 0 Å².